The van der Waals surface area contributed by atoms with Gasteiger partial charge in [0.1, 0.15) is 0 Å². The Morgan fingerprint density at radius 3 is 2.59 bits per heavy atom. The van der Waals surface area contributed by atoms with Gasteiger partial charge in [-0.1, -0.05) is 13.3 Å². The molecular weight excluding hydrogens is 232 g/mol. The van der Waals surface area contributed by atoms with E-state index in [0.29, 0.717) is 12.8 Å². The molecular formula is C11H19F2NO3. The van der Waals surface area contributed by atoms with Gasteiger partial charge in [-0.2, -0.15) is 0 Å². The van der Waals surface area contributed by atoms with E-state index in [1.54, 1.807) is 0 Å². The van der Waals surface area contributed by atoms with Gasteiger partial charge in [-0.3, -0.25) is 4.79 Å². The van der Waals surface area contributed by atoms with Crippen LogP contribution in [0.2, 0.25) is 0 Å². The van der Waals surface area contributed by atoms with Crippen LogP contribution in [0.1, 0.15) is 26.2 Å². The fourth-order valence-corrected chi connectivity index (χ4v) is 1.97. The minimum atomic E-state index is -2.73. The first-order valence-corrected chi connectivity index (χ1v) is 5.89. The van der Waals surface area contributed by atoms with Crippen LogP contribution >= 0.6 is 0 Å². The summed E-state index contributed by atoms with van der Waals surface area (Å²) in [6.07, 6.45) is -3.62. The van der Waals surface area contributed by atoms with Crippen molar-refractivity contribution in [2.24, 2.45) is 5.92 Å². The first-order chi connectivity index (χ1) is 7.97. The van der Waals surface area contributed by atoms with E-state index >= 15 is 0 Å². The van der Waals surface area contributed by atoms with Crippen LogP contribution in [0, 0.1) is 5.92 Å². The smallest absolute Gasteiger partial charge is 0.245 e. The van der Waals surface area contributed by atoms with E-state index < -0.39 is 24.6 Å². The molecule has 1 aliphatic rings. The van der Waals surface area contributed by atoms with Crippen molar-refractivity contribution in [1.82, 2.24) is 4.90 Å². The van der Waals surface area contributed by atoms with Crippen LogP contribution in [0.4, 0.5) is 8.78 Å². The number of aliphatic hydroxyl groups excluding tert-OH is 2. The van der Waals surface area contributed by atoms with Crippen molar-refractivity contribution in [3.05, 3.63) is 0 Å². The Bertz CT molecular complexity index is 263. The van der Waals surface area contributed by atoms with Crippen LogP contribution in [0.15, 0.2) is 0 Å². The zero-order chi connectivity index (χ0) is 13.0. The van der Waals surface area contributed by atoms with E-state index in [0.717, 1.165) is 6.42 Å². The molecule has 2 N–H and O–H groups in total. The lowest BCUT2D eigenvalue weighted by atomic mass is 9.92. The Hall–Kier alpha value is -0.750. The number of aliphatic hydroxyl groups is 2. The summed E-state index contributed by atoms with van der Waals surface area (Å²) in [6.45, 7) is 1.69. The van der Waals surface area contributed by atoms with Gasteiger partial charge in [-0.15, -0.1) is 0 Å². The number of halogens is 2. The zero-order valence-corrected chi connectivity index (χ0v) is 9.85. The lowest BCUT2D eigenvalue weighted by Crippen LogP contribution is -2.56. The highest BCUT2D eigenvalue weighted by Gasteiger charge is 2.40. The second kappa shape index (κ2) is 6.26. The lowest BCUT2D eigenvalue weighted by Gasteiger charge is -2.39. The summed E-state index contributed by atoms with van der Waals surface area (Å²) < 4.78 is 25.2. The summed E-state index contributed by atoms with van der Waals surface area (Å²) in [4.78, 5) is 12.9. The number of piperidine rings is 1. The highest BCUT2D eigenvalue weighted by molar-refractivity contribution is 5.76. The molecule has 1 saturated heterocycles. The molecule has 1 rings (SSSR count). The Labute approximate surface area is 99.2 Å². The van der Waals surface area contributed by atoms with Crippen molar-refractivity contribution < 1.29 is 23.8 Å². The van der Waals surface area contributed by atoms with Gasteiger partial charge in [-0.25, -0.2) is 8.78 Å². The first-order valence-electron chi connectivity index (χ1n) is 5.89. The van der Waals surface area contributed by atoms with Crippen LogP contribution in [-0.2, 0) is 4.79 Å². The van der Waals surface area contributed by atoms with E-state index in [-0.39, 0.29) is 19.0 Å². The molecule has 0 aromatic rings. The molecule has 3 atom stereocenters. The molecule has 1 aliphatic heterocycles. The zero-order valence-electron chi connectivity index (χ0n) is 9.85. The predicted octanol–water partition coefficient (Wildman–Crippen LogP) is 0.622. The monoisotopic (exact) mass is 251 g/mol. The number of carbonyl (C=O) groups is 1. The summed E-state index contributed by atoms with van der Waals surface area (Å²) in [5.41, 5.74) is 0. The largest absolute Gasteiger partial charge is 0.390 e. The molecule has 0 radical (unpaired) electrons. The highest BCUT2D eigenvalue weighted by Crippen LogP contribution is 2.24. The van der Waals surface area contributed by atoms with Gasteiger partial charge >= 0.3 is 0 Å². The predicted molar refractivity (Wildman–Crippen MR) is 57.6 cm³/mol. The minimum absolute atomic E-state index is 0.0626. The van der Waals surface area contributed by atoms with E-state index in [4.69, 9.17) is 0 Å². The first kappa shape index (κ1) is 14.3. The fourth-order valence-electron chi connectivity index (χ4n) is 1.97. The standard InChI is InChI=1S/C11H19F2NO3/c1-2-3-4-9(16)14-5-7(11(12)13)10(17)8(15)6-14/h7-8,10-11,15,17H,2-6H2,1H3/t7-,8+,10+/m0/s1. The Balaban J connectivity index is 2.60. The molecule has 1 fully saturated rings. The van der Waals surface area contributed by atoms with E-state index in [2.05, 4.69) is 0 Å². The fraction of sp³-hybridized carbons (Fsp3) is 0.909. The summed E-state index contributed by atoms with van der Waals surface area (Å²) in [5, 5.41) is 18.9. The van der Waals surface area contributed by atoms with Crippen molar-refractivity contribution in [2.45, 2.75) is 44.8 Å². The summed E-state index contributed by atoms with van der Waals surface area (Å²) in [6, 6.07) is 0. The van der Waals surface area contributed by atoms with Gasteiger partial charge in [0.05, 0.1) is 18.1 Å². The number of rotatable bonds is 4. The molecule has 0 aliphatic carbocycles. The molecule has 0 unspecified atom stereocenters. The molecule has 0 aromatic heterocycles. The SMILES string of the molecule is CCCCC(=O)N1C[C@@H](O)[C@H](O)[C@@H](C(F)F)C1. The van der Waals surface area contributed by atoms with E-state index in [1.807, 2.05) is 6.92 Å². The van der Waals surface area contributed by atoms with Gasteiger partial charge in [0.2, 0.25) is 12.3 Å². The van der Waals surface area contributed by atoms with E-state index in [1.165, 1.54) is 4.90 Å². The minimum Gasteiger partial charge on any atom is -0.390 e. The van der Waals surface area contributed by atoms with Crippen LogP contribution in [0.25, 0.3) is 0 Å². The Kier molecular flexibility index (Phi) is 5.27. The average molecular weight is 251 g/mol. The summed E-state index contributed by atoms with van der Waals surface area (Å²) in [7, 11) is 0. The quantitative estimate of drug-likeness (QED) is 0.770. The third-order valence-electron chi connectivity index (χ3n) is 3.09. The van der Waals surface area contributed by atoms with Crippen LogP contribution in [0.3, 0.4) is 0 Å². The van der Waals surface area contributed by atoms with Crippen LogP contribution in [-0.4, -0.2) is 52.7 Å². The number of β-amino-alcohol motifs (C(OH)–C–C–N with tert-alkyl or cyclic N) is 1. The van der Waals surface area contributed by atoms with Gasteiger partial charge in [0.15, 0.2) is 0 Å². The maximum atomic E-state index is 12.6. The van der Waals surface area contributed by atoms with Gasteiger partial charge < -0.3 is 15.1 Å². The number of carbonyl (C=O) groups excluding carboxylic acids is 1. The second-order valence-electron chi connectivity index (χ2n) is 4.46. The van der Waals surface area contributed by atoms with Gasteiger partial charge in [0.25, 0.3) is 0 Å². The molecule has 1 amide bonds. The van der Waals surface area contributed by atoms with E-state index in [9.17, 15) is 23.8 Å². The molecule has 6 heteroatoms. The molecule has 0 bridgehead atoms. The number of likely N-dealkylation sites (tertiary alicyclic amines) is 1. The summed E-state index contributed by atoms with van der Waals surface area (Å²) in [5.74, 6) is -1.59. The van der Waals surface area contributed by atoms with Crippen molar-refractivity contribution in [3.8, 4) is 0 Å². The maximum Gasteiger partial charge on any atom is 0.245 e. The Morgan fingerprint density at radius 1 is 1.41 bits per heavy atom. The Morgan fingerprint density at radius 2 is 2.06 bits per heavy atom. The van der Waals surface area contributed by atoms with Crippen molar-refractivity contribution >= 4 is 5.91 Å². The molecule has 4 nitrogen and oxygen atoms in total. The molecule has 0 saturated carbocycles. The third-order valence-corrected chi connectivity index (χ3v) is 3.09. The number of amides is 1. The molecule has 17 heavy (non-hydrogen) atoms. The second-order valence-corrected chi connectivity index (χ2v) is 4.46. The topological polar surface area (TPSA) is 60.8 Å². The van der Waals surface area contributed by atoms with Crippen molar-refractivity contribution in [2.75, 3.05) is 13.1 Å². The molecule has 100 valence electrons. The number of hydrogen-bond acceptors (Lipinski definition) is 3. The molecule has 1 heterocycles. The number of alkyl halides is 2. The maximum absolute atomic E-state index is 12.6. The van der Waals surface area contributed by atoms with Crippen molar-refractivity contribution in [1.29, 1.82) is 0 Å². The average Bonchev–Trinajstić information content (AvgIpc) is 2.28. The van der Waals surface area contributed by atoms with Crippen molar-refractivity contribution in [3.63, 3.8) is 0 Å². The van der Waals surface area contributed by atoms with Crippen LogP contribution in [0.5, 0.6) is 0 Å². The normalized spacial score (nSPS) is 29.8. The highest BCUT2D eigenvalue weighted by atomic mass is 19.3. The number of hydrogen-bond donors (Lipinski definition) is 2. The molecule has 0 spiro atoms. The molecule has 0 aromatic carbocycles. The number of unbranched alkanes of at least 4 members (excludes halogenated alkanes) is 1. The van der Waals surface area contributed by atoms with Crippen LogP contribution < -0.4 is 0 Å². The van der Waals surface area contributed by atoms with Gasteiger partial charge in [0, 0.05) is 19.5 Å². The lowest BCUT2D eigenvalue weighted by molar-refractivity contribution is -0.150. The number of nitrogens with zero attached hydrogens (tertiary/aromatic N) is 1. The summed E-state index contributed by atoms with van der Waals surface area (Å²) >= 11 is 0. The van der Waals surface area contributed by atoms with Gasteiger partial charge in [-0.05, 0) is 6.42 Å². The third kappa shape index (κ3) is 3.61.